The van der Waals surface area contributed by atoms with Gasteiger partial charge in [0.25, 0.3) is 0 Å². The van der Waals surface area contributed by atoms with Gasteiger partial charge in [-0.3, -0.25) is 4.90 Å². The molecule has 1 saturated heterocycles. The number of nitrogens with one attached hydrogen (secondary N) is 2. The van der Waals surface area contributed by atoms with E-state index in [1.165, 1.54) is 25.7 Å². The predicted octanol–water partition coefficient (Wildman–Crippen LogP) is 0.247. The minimum Gasteiger partial charge on any atom is -0.314 e. The summed E-state index contributed by atoms with van der Waals surface area (Å²) in [4.78, 5) is 2.23. The Hall–Kier alpha value is -0.170. The van der Waals surface area contributed by atoms with Crippen molar-refractivity contribution in [2.75, 3.05) is 45.0 Å². The van der Waals surface area contributed by atoms with Crippen LogP contribution >= 0.6 is 0 Å². The van der Waals surface area contributed by atoms with Crippen LogP contribution < -0.4 is 10.0 Å². The standard InChI is InChI=1S/C14H27N3O2S/c18-20(19,10-9-17-7-5-15-6-8-17)16-11-14(12-1-2-12)13-3-4-13/h12-16H,1-11H2. The first-order valence-corrected chi connectivity index (χ1v) is 9.70. The Morgan fingerprint density at radius 3 is 2.25 bits per heavy atom. The van der Waals surface area contributed by atoms with E-state index in [0.29, 0.717) is 19.0 Å². The molecule has 0 radical (unpaired) electrons. The minimum atomic E-state index is -3.10. The third-order valence-corrected chi connectivity index (χ3v) is 6.21. The maximum absolute atomic E-state index is 12.1. The fraction of sp³-hybridized carbons (Fsp3) is 1.00. The van der Waals surface area contributed by atoms with Crippen molar-refractivity contribution in [3.8, 4) is 0 Å². The summed E-state index contributed by atoms with van der Waals surface area (Å²) >= 11 is 0. The van der Waals surface area contributed by atoms with E-state index < -0.39 is 10.0 Å². The molecule has 1 heterocycles. The van der Waals surface area contributed by atoms with Gasteiger partial charge in [0.2, 0.25) is 10.0 Å². The van der Waals surface area contributed by atoms with Crippen molar-refractivity contribution in [3.05, 3.63) is 0 Å². The molecule has 0 aromatic heterocycles. The summed E-state index contributed by atoms with van der Waals surface area (Å²) in [5.41, 5.74) is 0. The summed E-state index contributed by atoms with van der Waals surface area (Å²) in [6.07, 6.45) is 5.24. The van der Waals surface area contributed by atoms with E-state index in [1.807, 2.05) is 0 Å². The lowest BCUT2D eigenvalue weighted by atomic mass is 9.99. The third kappa shape index (κ3) is 4.41. The number of hydrogen-bond donors (Lipinski definition) is 2. The van der Waals surface area contributed by atoms with Gasteiger partial charge in [-0.25, -0.2) is 13.1 Å². The number of nitrogens with zero attached hydrogens (tertiary/aromatic N) is 1. The molecule has 3 rings (SSSR count). The van der Waals surface area contributed by atoms with Crippen LogP contribution in [0, 0.1) is 17.8 Å². The van der Waals surface area contributed by atoms with Crippen molar-refractivity contribution in [2.24, 2.45) is 17.8 Å². The van der Waals surface area contributed by atoms with Gasteiger partial charge in [-0.15, -0.1) is 0 Å². The van der Waals surface area contributed by atoms with E-state index in [-0.39, 0.29) is 5.75 Å². The first-order valence-electron chi connectivity index (χ1n) is 8.04. The Kier molecular flexibility index (Phi) is 4.65. The topological polar surface area (TPSA) is 61.4 Å². The van der Waals surface area contributed by atoms with Crippen LogP contribution in [-0.2, 0) is 10.0 Å². The Morgan fingerprint density at radius 1 is 1.10 bits per heavy atom. The average Bonchev–Trinajstić information content (AvgIpc) is 3.31. The smallest absolute Gasteiger partial charge is 0.212 e. The summed E-state index contributed by atoms with van der Waals surface area (Å²) in [5.74, 6) is 2.47. The van der Waals surface area contributed by atoms with Crippen molar-refractivity contribution in [3.63, 3.8) is 0 Å². The molecule has 0 atom stereocenters. The molecule has 2 N–H and O–H groups in total. The molecule has 0 spiro atoms. The van der Waals surface area contributed by atoms with Crippen LogP contribution in [0.3, 0.4) is 0 Å². The van der Waals surface area contributed by atoms with Gasteiger partial charge in [0.1, 0.15) is 0 Å². The zero-order valence-corrected chi connectivity index (χ0v) is 13.0. The first-order chi connectivity index (χ1) is 9.64. The second-order valence-electron chi connectivity index (χ2n) is 6.60. The quantitative estimate of drug-likeness (QED) is 0.674. The van der Waals surface area contributed by atoms with Gasteiger partial charge in [-0.1, -0.05) is 0 Å². The molecule has 2 aliphatic carbocycles. The molecule has 5 nitrogen and oxygen atoms in total. The van der Waals surface area contributed by atoms with Gasteiger partial charge in [-0.05, 0) is 43.4 Å². The van der Waals surface area contributed by atoms with E-state index in [1.54, 1.807) is 0 Å². The molecule has 6 heteroatoms. The fourth-order valence-corrected chi connectivity index (χ4v) is 4.34. The second-order valence-corrected chi connectivity index (χ2v) is 8.52. The number of hydrogen-bond acceptors (Lipinski definition) is 4. The van der Waals surface area contributed by atoms with Crippen molar-refractivity contribution in [1.29, 1.82) is 0 Å². The van der Waals surface area contributed by atoms with E-state index in [0.717, 1.165) is 38.0 Å². The van der Waals surface area contributed by atoms with E-state index in [2.05, 4.69) is 14.9 Å². The number of sulfonamides is 1. The summed E-state index contributed by atoms with van der Waals surface area (Å²) in [7, 11) is -3.10. The van der Waals surface area contributed by atoms with Crippen molar-refractivity contribution < 1.29 is 8.42 Å². The molecule has 0 aromatic rings. The SMILES string of the molecule is O=S(=O)(CCN1CCNCC1)NCC(C1CC1)C1CC1. The zero-order chi connectivity index (χ0) is 14.0. The average molecular weight is 301 g/mol. The maximum atomic E-state index is 12.1. The van der Waals surface area contributed by atoms with Crippen LogP contribution in [0.15, 0.2) is 0 Å². The normalized spacial score (nSPS) is 25.2. The molecule has 0 bridgehead atoms. The lowest BCUT2D eigenvalue weighted by molar-refractivity contribution is 0.253. The predicted molar refractivity (Wildman–Crippen MR) is 80.0 cm³/mol. The van der Waals surface area contributed by atoms with Crippen molar-refractivity contribution >= 4 is 10.0 Å². The summed E-state index contributed by atoms with van der Waals surface area (Å²) in [6, 6.07) is 0. The van der Waals surface area contributed by atoms with Gasteiger partial charge < -0.3 is 5.32 Å². The number of rotatable bonds is 8. The lowest BCUT2D eigenvalue weighted by Crippen LogP contribution is -2.46. The molecular formula is C14H27N3O2S. The highest BCUT2D eigenvalue weighted by Gasteiger charge is 2.41. The molecule has 0 unspecified atom stereocenters. The lowest BCUT2D eigenvalue weighted by Gasteiger charge is -2.27. The van der Waals surface area contributed by atoms with E-state index in [4.69, 9.17) is 0 Å². The zero-order valence-electron chi connectivity index (χ0n) is 12.2. The Labute approximate surface area is 122 Å². The fourth-order valence-electron chi connectivity index (χ4n) is 3.25. The Morgan fingerprint density at radius 2 is 1.70 bits per heavy atom. The van der Waals surface area contributed by atoms with E-state index in [9.17, 15) is 8.42 Å². The summed E-state index contributed by atoms with van der Waals surface area (Å²) < 4.78 is 27.1. The maximum Gasteiger partial charge on any atom is 0.212 e. The van der Waals surface area contributed by atoms with Crippen LogP contribution in [-0.4, -0.2) is 58.3 Å². The van der Waals surface area contributed by atoms with E-state index >= 15 is 0 Å². The highest BCUT2D eigenvalue weighted by molar-refractivity contribution is 7.89. The first kappa shape index (κ1) is 14.8. The van der Waals surface area contributed by atoms with Crippen LogP contribution in [0.25, 0.3) is 0 Å². The van der Waals surface area contributed by atoms with Crippen LogP contribution in [0.5, 0.6) is 0 Å². The summed E-state index contributed by atoms with van der Waals surface area (Å²) in [6.45, 7) is 5.20. The van der Waals surface area contributed by atoms with Crippen molar-refractivity contribution in [2.45, 2.75) is 25.7 Å². The largest absolute Gasteiger partial charge is 0.314 e. The molecule has 3 aliphatic rings. The molecule has 1 aliphatic heterocycles. The Balaban J connectivity index is 1.40. The molecule has 0 amide bonds. The highest BCUT2D eigenvalue weighted by atomic mass is 32.2. The van der Waals surface area contributed by atoms with Crippen molar-refractivity contribution in [1.82, 2.24) is 14.9 Å². The highest BCUT2D eigenvalue weighted by Crippen LogP contribution is 2.48. The van der Waals surface area contributed by atoms with Gasteiger partial charge in [0, 0.05) is 39.3 Å². The number of piperazine rings is 1. The van der Waals surface area contributed by atoms with Gasteiger partial charge in [0.15, 0.2) is 0 Å². The van der Waals surface area contributed by atoms with Crippen LogP contribution in [0.1, 0.15) is 25.7 Å². The second kappa shape index (κ2) is 6.30. The Bertz CT molecular complexity index is 400. The minimum absolute atomic E-state index is 0.245. The molecular weight excluding hydrogens is 274 g/mol. The molecule has 0 aromatic carbocycles. The van der Waals surface area contributed by atoms with Crippen LogP contribution in [0.4, 0.5) is 0 Å². The molecule has 116 valence electrons. The monoisotopic (exact) mass is 301 g/mol. The third-order valence-electron chi connectivity index (χ3n) is 4.88. The molecule has 20 heavy (non-hydrogen) atoms. The van der Waals surface area contributed by atoms with Gasteiger partial charge >= 0.3 is 0 Å². The van der Waals surface area contributed by atoms with Gasteiger partial charge in [0.05, 0.1) is 5.75 Å². The molecule has 3 fully saturated rings. The van der Waals surface area contributed by atoms with Gasteiger partial charge in [-0.2, -0.15) is 0 Å². The molecule has 2 saturated carbocycles. The van der Waals surface area contributed by atoms with Crippen LogP contribution in [0.2, 0.25) is 0 Å². The summed E-state index contributed by atoms with van der Waals surface area (Å²) in [5, 5.41) is 3.28.